The van der Waals surface area contributed by atoms with Crippen molar-refractivity contribution in [2.75, 3.05) is 13.1 Å². The molecule has 21 heavy (non-hydrogen) atoms. The summed E-state index contributed by atoms with van der Waals surface area (Å²) in [7, 11) is 0. The molecule has 0 spiro atoms. The third-order valence-corrected chi connectivity index (χ3v) is 4.82. The summed E-state index contributed by atoms with van der Waals surface area (Å²) in [5.74, 6) is 0.680. The van der Waals surface area contributed by atoms with Gasteiger partial charge in [-0.15, -0.1) is 0 Å². The van der Waals surface area contributed by atoms with Gasteiger partial charge in [0.05, 0.1) is 6.54 Å². The Kier molecular flexibility index (Phi) is 3.97. The van der Waals surface area contributed by atoms with E-state index in [1.807, 2.05) is 0 Å². The lowest BCUT2D eigenvalue weighted by molar-refractivity contribution is 0.0762. The number of nitrogens with zero attached hydrogens (tertiary/aromatic N) is 2. The smallest absolute Gasteiger partial charge is 0.270 e. The molecule has 2 N–H and O–H groups in total. The summed E-state index contributed by atoms with van der Waals surface area (Å²) in [6.07, 6.45) is 2.32. The lowest BCUT2D eigenvalue weighted by Crippen LogP contribution is -2.38. The van der Waals surface area contributed by atoms with Gasteiger partial charge in [-0.25, -0.2) is 8.78 Å². The average molecular weight is 297 g/mol. The van der Waals surface area contributed by atoms with E-state index in [-0.39, 0.29) is 11.9 Å². The minimum atomic E-state index is -2.46. The highest BCUT2D eigenvalue weighted by Gasteiger charge is 2.40. The molecule has 3 atom stereocenters. The van der Waals surface area contributed by atoms with Crippen LogP contribution in [0, 0.1) is 11.8 Å². The number of aromatic nitrogens is 1. The van der Waals surface area contributed by atoms with E-state index in [0.29, 0.717) is 30.6 Å². The lowest BCUT2D eigenvalue weighted by Gasteiger charge is -2.29. The predicted octanol–water partition coefficient (Wildman–Crippen LogP) is 1.95. The second kappa shape index (κ2) is 5.75. The molecule has 1 saturated carbocycles. The fourth-order valence-corrected chi connectivity index (χ4v) is 3.76. The van der Waals surface area contributed by atoms with Crippen molar-refractivity contribution in [3.05, 3.63) is 24.0 Å². The van der Waals surface area contributed by atoms with E-state index in [1.165, 1.54) is 10.8 Å². The number of halogens is 2. The highest BCUT2D eigenvalue weighted by molar-refractivity contribution is 5.93. The molecule has 0 bridgehead atoms. The van der Waals surface area contributed by atoms with Gasteiger partial charge >= 0.3 is 0 Å². The van der Waals surface area contributed by atoms with Crippen LogP contribution >= 0.6 is 0 Å². The largest absolute Gasteiger partial charge is 0.338 e. The Morgan fingerprint density at radius 3 is 2.90 bits per heavy atom. The summed E-state index contributed by atoms with van der Waals surface area (Å²) in [5.41, 5.74) is 6.50. The van der Waals surface area contributed by atoms with E-state index in [1.54, 1.807) is 17.0 Å². The Morgan fingerprint density at radius 1 is 1.38 bits per heavy atom. The molecular formula is C15H21F2N3O. The second-order valence-corrected chi connectivity index (χ2v) is 6.17. The molecule has 1 aromatic heterocycles. The predicted molar refractivity (Wildman–Crippen MR) is 75.1 cm³/mol. The van der Waals surface area contributed by atoms with Gasteiger partial charge in [-0.1, -0.05) is 6.42 Å². The van der Waals surface area contributed by atoms with Gasteiger partial charge in [-0.3, -0.25) is 4.79 Å². The maximum atomic E-state index is 12.6. The first-order chi connectivity index (χ1) is 10.1. The highest BCUT2D eigenvalue weighted by Crippen LogP contribution is 2.36. The third kappa shape index (κ3) is 2.81. The summed E-state index contributed by atoms with van der Waals surface area (Å²) in [6.45, 7) is 0.926. The van der Waals surface area contributed by atoms with Gasteiger partial charge in [0.25, 0.3) is 12.3 Å². The number of likely N-dealkylation sites (tertiary alicyclic amines) is 1. The van der Waals surface area contributed by atoms with E-state index in [2.05, 4.69) is 0 Å². The zero-order chi connectivity index (χ0) is 15.0. The number of rotatable bonds is 3. The lowest BCUT2D eigenvalue weighted by atomic mass is 9.78. The van der Waals surface area contributed by atoms with Crippen molar-refractivity contribution in [2.45, 2.75) is 38.3 Å². The summed E-state index contributed by atoms with van der Waals surface area (Å²) in [4.78, 5) is 14.4. The first kappa shape index (κ1) is 14.5. The minimum Gasteiger partial charge on any atom is -0.338 e. The Balaban J connectivity index is 1.73. The quantitative estimate of drug-likeness (QED) is 0.927. The fourth-order valence-electron chi connectivity index (χ4n) is 3.76. The van der Waals surface area contributed by atoms with Crippen LogP contribution in [0.2, 0.25) is 0 Å². The first-order valence-corrected chi connectivity index (χ1v) is 7.54. The van der Waals surface area contributed by atoms with Crippen molar-refractivity contribution in [1.82, 2.24) is 9.47 Å². The third-order valence-electron chi connectivity index (χ3n) is 4.82. The molecule has 2 fully saturated rings. The molecule has 0 radical (unpaired) electrons. The number of amides is 1. The van der Waals surface area contributed by atoms with E-state index < -0.39 is 13.0 Å². The molecule has 6 heteroatoms. The van der Waals surface area contributed by atoms with E-state index in [0.717, 1.165) is 19.3 Å². The van der Waals surface area contributed by atoms with Gasteiger partial charge in [-0.2, -0.15) is 0 Å². The van der Waals surface area contributed by atoms with Crippen molar-refractivity contribution in [3.8, 4) is 0 Å². The number of alkyl halides is 2. The van der Waals surface area contributed by atoms with Gasteiger partial charge in [0.15, 0.2) is 0 Å². The molecule has 1 saturated heterocycles. The maximum absolute atomic E-state index is 12.6. The number of nitrogens with two attached hydrogens (primary N) is 1. The monoisotopic (exact) mass is 297 g/mol. The zero-order valence-corrected chi connectivity index (χ0v) is 11.9. The van der Waals surface area contributed by atoms with Crippen LogP contribution in [0.1, 0.15) is 29.8 Å². The number of fused-ring (bicyclic) bond motifs is 1. The maximum Gasteiger partial charge on any atom is 0.270 e. The van der Waals surface area contributed by atoms with Gasteiger partial charge in [0.1, 0.15) is 5.69 Å². The van der Waals surface area contributed by atoms with Crippen LogP contribution in [-0.4, -0.2) is 40.9 Å². The molecular weight excluding hydrogens is 276 g/mol. The Labute approximate surface area is 122 Å². The van der Waals surface area contributed by atoms with Crippen molar-refractivity contribution >= 4 is 5.91 Å². The zero-order valence-electron chi connectivity index (χ0n) is 11.9. The van der Waals surface area contributed by atoms with Gasteiger partial charge in [-0.05, 0) is 36.8 Å². The SMILES string of the molecule is NC1CCCC2CN(C(=O)c3cccn3CC(F)F)CC12. The number of carbonyl (C=O) groups excluding carboxylic acids is 1. The van der Waals surface area contributed by atoms with E-state index >= 15 is 0 Å². The van der Waals surface area contributed by atoms with Crippen molar-refractivity contribution in [3.63, 3.8) is 0 Å². The summed E-state index contributed by atoms with van der Waals surface area (Å²) >= 11 is 0. The molecule has 116 valence electrons. The first-order valence-electron chi connectivity index (χ1n) is 7.54. The average Bonchev–Trinajstić information content (AvgIpc) is 3.04. The number of hydrogen-bond acceptors (Lipinski definition) is 2. The van der Waals surface area contributed by atoms with Crippen LogP contribution in [-0.2, 0) is 6.54 Å². The van der Waals surface area contributed by atoms with Crippen LogP contribution < -0.4 is 5.73 Å². The van der Waals surface area contributed by atoms with Gasteiger partial charge < -0.3 is 15.2 Å². The molecule has 2 aliphatic rings. The molecule has 1 aliphatic carbocycles. The highest BCUT2D eigenvalue weighted by atomic mass is 19.3. The van der Waals surface area contributed by atoms with Crippen LogP contribution in [0.5, 0.6) is 0 Å². The van der Waals surface area contributed by atoms with Gasteiger partial charge in [0, 0.05) is 25.3 Å². The molecule has 3 unspecified atom stereocenters. The van der Waals surface area contributed by atoms with Crippen LogP contribution in [0.15, 0.2) is 18.3 Å². The standard InChI is InChI=1S/C15H21F2N3O/c16-14(17)9-19-6-2-5-13(19)15(21)20-7-10-3-1-4-12(18)11(10)8-20/h2,5-6,10-12,14H,1,3-4,7-9,18H2. The van der Waals surface area contributed by atoms with Crippen molar-refractivity contribution in [1.29, 1.82) is 0 Å². The Hall–Kier alpha value is -1.43. The van der Waals surface area contributed by atoms with Gasteiger partial charge in [0.2, 0.25) is 0 Å². The molecule has 3 rings (SSSR count). The van der Waals surface area contributed by atoms with Crippen molar-refractivity contribution < 1.29 is 13.6 Å². The topological polar surface area (TPSA) is 51.3 Å². The Morgan fingerprint density at radius 2 is 2.19 bits per heavy atom. The summed E-state index contributed by atoms with van der Waals surface area (Å²) in [5, 5.41) is 0. The normalized spacial score (nSPS) is 29.0. The van der Waals surface area contributed by atoms with E-state index in [9.17, 15) is 13.6 Å². The van der Waals surface area contributed by atoms with E-state index in [4.69, 9.17) is 5.73 Å². The fraction of sp³-hybridized carbons (Fsp3) is 0.667. The van der Waals surface area contributed by atoms with Crippen LogP contribution in [0.4, 0.5) is 8.78 Å². The van der Waals surface area contributed by atoms with Crippen molar-refractivity contribution in [2.24, 2.45) is 17.6 Å². The molecule has 4 nitrogen and oxygen atoms in total. The van der Waals surface area contributed by atoms with Crippen LogP contribution in [0.25, 0.3) is 0 Å². The molecule has 1 aromatic rings. The van der Waals surface area contributed by atoms with Crippen LogP contribution in [0.3, 0.4) is 0 Å². The molecule has 0 aromatic carbocycles. The Bertz CT molecular complexity index is 517. The molecule has 1 amide bonds. The number of hydrogen-bond donors (Lipinski definition) is 1. The second-order valence-electron chi connectivity index (χ2n) is 6.17. The molecule has 2 heterocycles. The number of carbonyl (C=O) groups is 1. The summed E-state index contributed by atoms with van der Waals surface area (Å²) in [6, 6.07) is 3.42. The summed E-state index contributed by atoms with van der Waals surface area (Å²) < 4.78 is 26.4. The minimum absolute atomic E-state index is 0.151. The molecule has 1 aliphatic heterocycles.